The molecule has 0 radical (unpaired) electrons. The van der Waals surface area contributed by atoms with Crippen LogP contribution >= 0.6 is 0 Å². The van der Waals surface area contributed by atoms with Gasteiger partial charge in [0.05, 0.1) is 0 Å². The predicted molar refractivity (Wildman–Crippen MR) is 122 cm³/mol. The number of carbonyl (C=O) groups excluding carboxylic acids is 3. The quantitative estimate of drug-likeness (QED) is 0.138. The number of rotatable bonds is 17. The Labute approximate surface area is 192 Å². The van der Waals surface area contributed by atoms with Crippen molar-refractivity contribution in [3.63, 3.8) is 0 Å². The number of hydrogen-bond donors (Lipinski definition) is 1. The zero-order chi connectivity index (χ0) is 23.8. The average Bonchev–Trinajstić information content (AvgIpc) is 2.73. The van der Waals surface area contributed by atoms with Crippen molar-refractivity contribution in [2.75, 3.05) is 0 Å². The highest BCUT2D eigenvalue weighted by molar-refractivity contribution is 7.87. The predicted octanol–water partition coefficient (Wildman–Crippen LogP) is 4.89. The van der Waals surface area contributed by atoms with Gasteiger partial charge >= 0.3 is 5.97 Å². The Hall–Kier alpha value is -1.74. The van der Waals surface area contributed by atoms with E-state index in [0.29, 0.717) is 6.42 Å². The molecule has 2 amide bonds. The van der Waals surface area contributed by atoms with E-state index in [0.717, 1.165) is 38.5 Å². The molecule has 9 heteroatoms. The first kappa shape index (κ1) is 28.3. The van der Waals surface area contributed by atoms with Crippen LogP contribution in [-0.2, 0) is 29.3 Å². The molecule has 0 aromatic rings. The number of imide groups is 1. The van der Waals surface area contributed by atoms with Crippen molar-refractivity contribution in [2.45, 2.75) is 115 Å². The summed E-state index contributed by atoms with van der Waals surface area (Å²) in [5, 5.41) is -1.59. The molecule has 0 aromatic heterocycles. The molecule has 8 nitrogen and oxygen atoms in total. The Kier molecular flexibility index (Phi) is 14.1. The van der Waals surface area contributed by atoms with Crippen LogP contribution < -0.4 is 0 Å². The SMILES string of the molecule is CCCCCCCC/C=C\CCCCCCCC(=O)ON1C(=O)CCC(S(=O)(=O)O)C1=O. The number of piperidine rings is 1. The summed E-state index contributed by atoms with van der Waals surface area (Å²) in [5.74, 6) is -2.77. The molecule has 32 heavy (non-hydrogen) atoms. The molecule has 1 rings (SSSR count). The van der Waals surface area contributed by atoms with Crippen molar-refractivity contribution in [2.24, 2.45) is 0 Å². The lowest BCUT2D eigenvalue weighted by Crippen LogP contribution is -2.51. The summed E-state index contributed by atoms with van der Waals surface area (Å²) in [4.78, 5) is 40.5. The van der Waals surface area contributed by atoms with Crippen LogP contribution in [0.1, 0.15) is 110 Å². The molecule has 0 bridgehead atoms. The molecule has 0 aromatic carbocycles. The van der Waals surface area contributed by atoms with Crippen LogP contribution in [0, 0.1) is 0 Å². The molecule has 0 spiro atoms. The first-order valence-electron chi connectivity index (χ1n) is 12.0. The Morgan fingerprint density at radius 3 is 2.06 bits per heavy atom. The highest BCUT2D eigenvalue weighted by Gasteiger charge is 2.43. The Morgan fingerprint density at radius 2 is 1.50 bits per heavy atom. The molecule has 184 valence electrons. The first-order valence-corrected chi connectivity index (χ1v) is 13.5. The first-order chi connectivity index (χ1) is 15.3. The van der Waals surface area contributed by atoms with E-state index in [1.807, 2.05) is 0 Å². The van der Waals surface area contributed by atoms with Gasteiger partial charge in [0.1, 0.15) is 0 Å². The van der Waals surface area contributed by atoms with Crippen LogP contribution in [0.5, 0.6) is 0 Å². The lowest BCUT2D eigenvalue weighted by Gasteiger charge is -2.26. The van der Waals surface area contributed by atoms with E-state index >= 15 is 0 Å². The molecule has 1 saturated heterocycles. The van der Waals surface area contributed by atoms with Gasteiger partial charge in [-0.1, -0.05) is 70.4 Å². The van der Waals surface area contributed by atoms with Gasteiger partial charge in [0, 0.05) is 12.8 Å². The molecular formula is C23H39NO7S. The summed E-state index contributed by atoms with van der Waals surface area (Å²) in [5.41, 5.74) is 0. The number of allylic oxidation sites excluding steroid dienone is 2. The molecule has 1 heterocycles. The van der Waals surface area contributed by atoms with Crippen molar-refractivity contribution >= 4 is 27.9 Å². The molecular weight excluding hydrogens is 434 g/mol. The number of hydrogen-bond acceptors (Lipinski definition) is 6. The third-order valence-corrected chi connectivity index (χ3v) is 6.67. The van der Waals surface area contributed by atoms with Crippen LogP contribution in [-0.4, -0.2) is 41.1 Å². The number of unbranched alkanes of at least 4 members (excludes halogenated alkanes) is 11. The number of carbonyl (C=O) groups is 3. The van der Waals surface area contributed by atoms with Gasteiger partial charge < -0.3 is 4.84 Å². The van der Waals surface area contributed by atoms with Crippen LogP contribution in [0.2, 0.25) is 0 Å². The lowest BCUT2D eigenvalue weighted by molar-refractivity contribution is -0.205. The van der Waals surface area contributed by atoms with Crippen molar-refractivity contribution < 1.29 is 32.2 Å². The monoisotopic (exact) mass is 473 g/mol. The number of amides is 2. The second-order valence-corrected chi connectivity index (χ2v) is 9.97. The summed E-state index contributed by atoms with van der Waals surface area (Å²) in [6.07, 6.45) is 18.6. The van der Waals surface area contributed by atoms with E-state index in [4.69, 9.17) is 9.39 Å². The second kappa shape index (κ2) is 16.0. The van der Waals surface area contributed by atoms with Crippen LogP contribution in [0.4, 0.5) is 0 Å². The smallest absolute Gasteiger partial charge is 0.330 e. The summed E-state index contributed by atoms with van der Waals surface area (Å²) in [6, 6.07) is 0. The summed E-state index contributed by atoms with van der Waals surface area (Å²) >= 11 is 0. The molecule has 1 aliphatic heterocycles. The number of hydroxylamine groups is 2. The van der Waals surface area contributed by atoms with E-state index in [2.05, 4.69) is 19.1 Å². The lowest BCUT2D eigenvalue weighted by atomic mass is 10.1. The average molecular weight is 474 g/mol. The van der Waals surface area contributed by atoms with E-state index in [1.54, 1.807) is 0 Å². The van der Waals surface area contributed by atoms with Gasteiger partial charge in [-0.25, -0.2) is 4.79 Å². The molecule has 1 unspecified atom stereocenters. The summed E-state index contributed by atoms with van der Waals surface area (Å²) in [6.45, 7) is 2.23. The Morgan fingerprint density at radius 1 is 0.969 bits per heavy atom. The van der Waals surface area contributed by atoms with Crippen molar-refractivity contribution in [1.29, 1.82) is 0 Å². The maximum Gasteiger partial charge on any atom is 0.333 e. The van der Waals surface area contributed by atoms with Crippen molar-refractivity contribution in [3.8, 4) is 0 Å². The topological polar surface area (TPSA) is 118 Å². The highest BCUT2D eigenvalue weighted by atomic mass is 32.2. The minimum Gasteiger partial charge on any atom is -0.330 e. The fraction of sp³-hybridized carbons (Fsp3) is 0.783. The maximum absolute atomic E-state index is 12.0. The minimum absolute atomic E-state index is 0.0335. The van der Waals surface area contributed by atoms with Crippen LogP contribution in [0.15, 0.2) is 12.2 Å². The largest absolute Gasteiger partial charge is 0.333 e. The van der Waals surface area contributed by atoms with Crippen LogP contribution in [0.3, 0.4) is 0 Å². The van der Waals surface area contributed by atoms with Gasteiger partial charge in [-0.15, -0.1) is 5.06 Å². The van der Waals surface area contributed by atoms with Gasteiger partial charge in [0.25, 0.3) is 21.9 Å². The van der Waals surface area contributed by atoms with Gasteiger partial charge in [0.2, 0.25) is 0 Å². The zero-order valence-corrected chi connectivity index (χ0v) is 20.1. The molecule has 0 aliphatic carbocycles. The molecule has 1 fully saturated rings. The summed E-state index contributed by atoms with van der Waals surface area (Å²) < 4.78 is 31.5. The normalized spacial score (nSPS) is 17.3. The third kappa shape index (κ3) is 11.8. The minimum atomic E-state index is -4.65. The second-order valence-electron chi connectivity index (χ2n) is 8.37. The van der Waals surface area contributed by atoms with Gasteiger partial charge in [-0.05, 0) is 38.5 Å². The van der Waals surface area contributed by atoms with E-state index in [9.17, 15) is 22.8 Å². The third-order valence-electron chi connectivity index (χ3n) is 5.52. The molecule has 1 aliphatic rings. The van der Waals surface area contributed by atoms with Gasteiger partial charge in [0.15, 0.2) is 5.25 Å². The van der Waals surface area contributed by atoms with E-state index < -0.39 is 33.2 Å². The Balaban J connectivity index is 2.07. The van der Waals surface area contributed by atoms with Gasteiger partial charge in [-0.2, -0.15) is 8.42 Å². The Bertz CT molecular complexity index is 718. The zero-order valence-electron chi connectivity index (χ0n) is 19.3. The van der Waals surface area contributed by atoms with Gasteiger partial charge in [-0.3, -0.25) is 14.1 Å². The van der Waals surface area contributed by atoms with Crippen molar-refractivity contribution in [1.82, 2.24) is 5.06 Å². The van der Waals surface area contributed by atoms with E-state index in [-0.39, 0.29) is 24.3 Å². The van der Waals surface area contributed by atoms with Crippen molar-refractivity contribution in [3.05, 3.63) is 12.2 Å². The molecule has 1 N–H and O–H groups in total. The molecule has 0 saturated carbocycles. The maximum atomic E-state index is 12.0. The highest BCUT2D eigenvalue weighted by Crippen LogP contribution is 2.20. The fourth-order valence-corrected chi connectivity index (χ4v) is 4.36. The van der Waals surface area contributed by atoms with Crippen LogP contribution in [0.25, 0.3) is 0 Å². The summed E-state index contributed by atoms with van der Waals surface area (Å²) in [7, 11) is -4.65. The molecule has 1 atom stereocenters. The standard InChI is InChI=1S/C23H39NO7S/c1-2-3-4-5-6-7-8-9-10-11-12-13-14-15-16-17-22(26)31-24-21(25)19-18-20(23(24)27)32(28,29)30/h9-10,20H,2-8,11-19H2,1H3,(H,28,29,30)/b10-9-. The number of nitrogens with zero attached hydrogens (tertiary/aromatic N) is 1. The van der Waals surface area contributed by atoms with E-state index in [1.165, 1.54) is 38.5 Å². The fourth-order valence-electron chi connectivity index (χ4n) is 3.59.